The van der Waals surface area contributed by atoms with Gasteiger partial charge >= 0.3 is 29.6 Å². The van der Waals surface area contributed by atoms with Gasteiger partial charge in [-0.1, -0.05) is 11.6 Å². The van der Waals surface area contributed by atoms with E-state index in [2.05, 4.69) is 0 Å². The molecule has 0 heterocycles. The van der Waals surface area contributed by atoms with E-state index < -0.39 is 10.1 Å². The summed E-state index contributed by atoms with van der Waals surface area (Å²) >= 11 is 5.64. The first kappa shape index (κ1) is 14.2. The van der Waals surface area contributed by atoms with Gasteiger partial charge in [-0.15, -0.1) is 0 Å². The Labute approximate surface area is 109 Å². The molecule has 0 aliphatic rings. The summed E-state index contributed by atoms with van der Waals surface area (Å²) in [5.41, 5.74) is 0. The second-order valence-corrected chi connectivity index (χ2v) is 4.10. The van der Waals surface area contributed by atoms with Crippen LogP contribution in [0.15, 0.2) is 23.1 Å². The molecule has 1 aromatic carbocycles. The maximum atomic E-state index is 10.6. The van der Waals surface area contributed by atoms with Crippen LogP contribution in [0.4, 0.5) is 0 Å². The summed E-state index contributed by atoms with van der Waals surface area (Å²) in [6.45, 7) is 0. The van der Waals surface area contributed by atoms with Gasteiger partial charge in [0.25, 0.3) is 10.1 Å². The van der Waals surface area contributed by atoms with E-state index in [-0.39, 0.29) is 39.5 Å². The summed E-state index contributed by atoms with van der Waals surface area (Å²) in [5, 5.41) is 0.137. The molecule has 4 nitrogen and oxygen atoms in total. The van der Waals surface area contributed by atoms with Crippen LogP contribution in [-0.4, -0.2) is 49.6 Å². The fourth-order valence-corrected chi connectivity index (χ4v) is 1.64. The van der Waals surface area contributed by atoms with E-state index in [1.54, 1.807) is 0 Å². The van der Waals surface area contributed by atoms with Gasteiger partial charge in [0.15, 0.2) is 0 Å². The summed E-state index contributed by atoms with van der Waals surface area (Å²) in [5.74, 6) is 0.356. The van der Waals surface area contributed by atoms with Crippen molar-refractivity contribution < 1.29 is 17.7 Å². The van der Waals surface area contributed by atoms with Gasteiger partial charge in [0.05, 0.1) is 17.0 Å². The van der Waals surface area contributed by atoms with Crippen molar-refractivity contribution in [2.75, 3.05) is 7.11 Å². The third kappa shape index (κ3) is 3.42. The Kier molecular flexibility index (Phi) is 5.43. The Hall–Kier alpha value is 0.220. The molecule has 0 radical (unpaired) electrons. The Bertz CT molecular complexity index is 418. The Morgan fingerprint density at radius 2 is 2.00 bits per heavy atom. The molecule has 0 saturated heterocycles. The third-order valence-electron chi connectivity index (χ3n) is 1.42. The van der Waals surface area contributed by atoms with Crippen molar-refractivity contribution in [3.8, 4) is 5.75 Å². The van der Waals surface area contributed by atoms with Gasteiger partial charge in [0.2, 0.25) is 0 Å². The normalized spacial score (nSPS) is 10.5. The molecule has 0 bridgehead atoms. The van der Waals surface area contributed by atoms with E-state index in [4.69, 9.17) is 20.9 Å². The average molecular weight is 247 g/mol. The minimum absolute atomic E-state index is 0. The second kappa shape index (κ2) is 5.34. The molecule has 0 saturated carbocycles. The van der Waals surface area contributed by atoms with Crippen molar-refractivity contribution >= 4 is 51.3 Å². The predicted octanol–water partition coefficient (Wildman–Crippen LogP) is 0.947. The first-order chi connectivity index (χ1) is 5.95. The van der Waals surface area contributed by atoms with E-state index in [1.165, 1.54) is 19.2 Å². The molecule has 14 heavy (non-hydrogen) atoms. The number of benzene rings is 1. The summed E-state index contributed by atoms with van der Waals surface area (Å²) in [4.78, 5) is -0.252. The Morgan fingerprint density at radius 1 is 1.43 bits per heavy atom. The number of hydrogen-bond acceptors (Lipinski definition) is 3. The molecule has 74 valence electrons. The fraction of sp³-hybridized carbons (Fsp3) is 0.143. The number of rotatable bonds is 2. The molecule has 1 N–H and O–H groups in total. The molecule has 0 aliphatic carbocycles. The van der Waals surface area contributed by atoms with Gasteiger partial charge in [-0.05, 0) is 18.2 Å². The number of hydrogen-bond donors (Lipinski definition) is 1. The zero-order valence-electron chi connectivity index (χ0n) is 6.69. The molecule has 0 spiro atoms. The standard InChI is InChI=1S/C7H7ClO4S.Na.H/c1-12-7-3-2-5(4-6(7)8)13(9,10)11;;/h2-4H,1H3,(H,9,10,11);;. The summed E-state index contributed by atoms with van der Waals surface area (Å²) in [7, 11) is -2.78. The van der Waals surface area contributed by atoms with Gasteiger partial charge in [-0.25, -0.2) is 0 Å². The van der Waals surface area contributed by atoms with Gasteiger partial charge in [-0.2, -0.15) is 8.42 Å². The van der Waals surface area contributed by atoms with Crippen molar-refractivity contribution in [1.82, 2.24) is 0 Å². The maximum absolute atomic E-state index is 10.6. The molecule has 7 heteroatoms. The zero-order valence-corrected chi connectivity index (χ0v) is 8.26. The van der Waals surface area contributed by atoms with Gasteiger partial charge in [-0.3, -0.25) is 4.55 Å². The van der Waals surface area contributed by atoms with Crippen LogP contribution in [0.2, 0.25) is 5.02 Å². The van der Waals surface area contributed by atoms with Crippen molar-refractivity contribution in [2.45, 2.75) is 4.90 Å². The van der Waals surface area contributed by atoms with Crippen LogP contribution in [0.3, 0.4) is 0 Å². The van der Waals surface area contributed by atoms with E-state index >= 15 is 0 Å². The van der Waals surface area contributed by atoms with Gasteiger partial charge < -0.3 is 4.74 Å². The second-order valence-electron chi connectivity index (χ2n) is 2.27. The van der Waals surface area contributed by atoms with Crippen LogP contribution < -0.4 is 4.74 Å². The van der Waals surface area contributed by atoms with E-state index in [1.807, 2.05) is 0 Å². The van der Waals surface area contributed by atoms with Crippen molar-refractivity contribution in [1.29, 1.82) is 0 Å². The van der Waals surface area contributed by atoms with Crippen LogP contribution in [0, 0.1) is 0 Å². The molecular weight excluding hydrogens is 239 g/mol. The van der Waals surface area contributed by atoms with Crippen LogP contribution in [0.5, 0.6) is 5.75 Å². The van der Waals surface area contributed by atoms with E-state index in [9.17, 15) is 8.42 Å². The summed E-state index contributed by atoms with van der Waals surface area (Å²) < 4.78 is 34.7. The van der Waals surface area contributed by atoms with Crippen molar-refractivity contribution in [3.05, 3.63) is 23.2 Å². The minimum atomic E-state index is -4.19. The third-order valence-corrected chi connectivity index (χ3v) is 2.57. The molecular formula is C7H8ClNaO4S. The zero-order chi connectivity index (χ0) is 10.1. The van der Waals surface area contributed by atoms with Gasteiger partial charge in [0.1, 0.15) is 5.75 Å². The van der Waals surface area contributed by atoms with Crippen LogP contribution in [-0.2, 0) is 10.1 Å². The van der Waals surface area contributed by atoms with Crippen LogP contribution >= 0.6 is 11.6 Å². The first-order valence-corrected chi connectivity index (χ1v) is 5.08. The average Bonchev–Trinajstić information content (AvgIpc) is 2.02. The molecule has 0 fully saturated rings. The molecule has 0 amide bonds. The fourth-order valence-electron chi connectivity index (χ4n) is 0.808. The van der Waals surface area contributed by atoms with Crippen LogP contribution in [0.25, 0.3) is 0 Å². The van der Waals surface area contributed by atoms with Gasteiger partial charge in [0, 0.05) is 0 Å². The monoisotopic (exact) mass is 246 g/mol. The molecule has 0 aromatic heterocycles. The Morgan fingerprint density at radius 3 is 2.36 bits per heavy atom. The molecule has 1 aromatic rings. The molecule has 0 aliphatic heterocycles. The molecule has 1 rings (SSSR count). The SMILES string of the molecule is COc1ccc(S(=O)(=O)O)cc1Cl.[NaH]. The first-order valence-electron chi connectivity index (χ1n) is 3.26. The summed E-state index contributed by atoms with van der Waals surface area (Å²) in [6, 6.07) is 3.70. The van der Waals surface area contributed by atoms with E-state index in [0.29, 0.717) is 5.75 Å². The number of methoxy groups -OCH3 is 1. The topological polar surface area (TPSA) is 63.6 Å². The predicted molar refractivity (Wildman–Crippen MR) is 55.0 cm³/mol. The van der Waals surface area contributed by atoms with E-state index in [0.717, 1.165) is 6.07 Å². The van der Waals surface area contributed by atoms with Crippen LogP contribution in [0.1, 0.15) is 0 Å². The van der Waals surface area contributed by atoms with Crippen molar-refractivity contribution in [3.63, 3.8) is 0 Å². The van der Waals surface area contributed by atoms with Crippen molar-refractivity contribution in [2.24, 2.45) is 0 Å². The Balaban J connectivity index is 0.00000169. The molecule has 0 atom stereocenters. The molecule has 0 unspecified atom stereocenters. The number of ether oxygens (including phenoxy) is 1. The summed E-state index contributed by atoms with van der Waals surface area (Å²) in [6.07, 6.45) is 0. The quantitative estimate of drug-likeness (QED) is 0.623. The number of halogens is 1.